The van der Waals surface area contributed by atoms with Crippen LogP contribution in [0.2, 0.25) is 0 Å². The summed E-state index contributed by atoms with van der Waals surface area (Å²) in [5, 5.41) is 12.0. The van der Waals surface area contributed by atoms with Crippen LogP contribution in [0.5, 0.6) is 0 Å². The van der Waals surface area contributed by atoms with Crippen molar-refractivity contribution in [3.8, 4) is 11.8 Å². The third-order valence-electron chi connectivity index (χ3n) is 5.52. The average Bonchev–Trinajstić information content (AvgIpc) is 3.09. The Bertz CT molecular complexity index is 1100. The smallest absolute Gasteiger partial charge is 0.378 e. The molecule has 1 amide bonds. The molecule has 2 aliphatic rings. The number of amides is 1. The molecule has 1 aromatic carbocycles. The topological polar surface area (TPSA) is 64.9 Å². The number of halogens is 6. The molecule has 2 N–H and O–H groups in total. The lowest BCUT2D eigenvalue weighted by Crippen LogP contribution is -2.33. The third kappa shape index (κ3) is 8.01. The molecule has 0 spiro atoms. The number of piperidine rings is 1. The minimum Gasteiger partial charge on any atom is -0.378 e. The summed E-state index contributed by atoms with van der Waals surface area (Å²) in [7, 11) is 0. The molecule has 3 rings (SSSR count). The van der Waals surface area contributed by atoms with Crippen LogP contribution in [0, 0.1) is 17.8 Å². The molecule has 0 aromatic heterocycles. The molecule has 2 aliphatic heterocycles. The van der Waals surface area contributed by atoms with Gasteiger partial charge in [0, 0.05) is 6.54 Å². The van der Waals surface area contributed by atoms with Crippen LogP contribution < -0.4 is 5.32 Å². The van der Waals surface area contributed by atoms with Gasteiger partial charge < -0.3 is 10.4 Å². The SMILES string of the molecule is CC(C)(O)C#CCN=C1NC(=O)S/C1=C\C1CCN(Cc2ccc(C(F)(F)F)cc2C(F)(F)F)CC1. The number of nitrogens with zero attached hydrogens (tertiary/aromatic N) is 2. The van der Waals surface area contributed by atoms with E-state index in [-0.39, 0.29) is 35.9 Å². The van der Waals surface area contributed by atoms with Crippen LogP contribution in [0.1, 0.15) is 43.4 Å². The van der Waals surface area contributed by atoms with Crippen LogP contribution in [-0.4, -0.2) is 46.3 Å². The number of aliphatic hydroxyl groups is 1. The number of hydrogen-bond donors (Lipinski definition) is 2. The number of nitrogens with one attached hydrogen (secondary N) is 1. The number of allylic oxidation sites excluding steroid dienone is 1. The van der Waals surface area contributed by atoms with Crippen molar-refractivity contribution in [1.82, 2.24) is 10.2 Å². The van der Waals surface area contributed by atoms with Crippen LogP contribution in [-0.2, 0) is 18.9 Å². The van der Waals surface area contributed by atoms with Gasteiger partial charge in [0.15, 0.2) is 0 Å². The fourth-order valence-electron chi connectivity index (χ4n) is 3.82. The molecule has 2 fully saturated rings. The van der Waals surface area contributed by atoms with Gasteiger partial charge in [0.25, 0.3) is 5.24 Å². The molecule has 0 atom stereocenters. The number of aliphatic imine (C=N–C) groups is 1. The number of alkyl halides is 6. The van der Waals surface area contributed by atoms with E-state index < -0.39 is 29.1 Å². The summed E-state index contributed by atoms with van der Waals surface area (Å²) in [5.74, 6) is 5.79. The molecular weight excluding hydrogens is 508 g/mol. The molecule has 2 saturated heterocycles. The molecule has 0 unspecified atom stereocenters. The van der Waals surface area contributed by atoms with Crippen LogP contribution in [0.25, 0.3) is 0 Å². The summed E-state index contributed by atoms with van der Waals surface area (Å²) < 4.78 is 79.0. The first-order valence-electron chi connectivity index (χ1n) is 11.1. The summed E-state index contributed by atoms with van der Waals surface area (Å²) in [6, 6.07) is 1.74. The van der Waals surface area contributed by atoms with Crippen molar-refractivity contribution in [2.45, 2.75) is 51.2 Å². The van der Waals surface area contributed by atoms with Crippen LogP contribution in [0.4, 0.5) is 31.1 Å². The van der Waals surface area contributed by atoms with Gasteiger partial charge in [0.05, 0.1) is 16.0 Å². The summed E-state index contributed by atoms with van der Waals surface area (Å²) in [6.45, 7) is 3.95. The molecule has 1 aromatic rings. The number of carbonyl (C=O) groups excluding carboxylic acids is 1. The lowest BCUT2D eigenvalue weighted by molar-refractivity contribution is -0.143. The predicted octanol–water partition coefficient (Wildman–Crippen LogP) is 5.45. The molecule has 0 bridgehead atoms. The van der Waals surface area contributed by atoms with E-state index in [4.69, 9.17) is 0 Å². The first kappa shape index (κ1) is 28.1. The fourth-order valence-corrected chi connectivity index (χ4v) is 4.64. The highest BCUT2D eigenvalue weighted by atomic mass is 32.2. The van der Waals surface area contributed by atoms with Gasteiger partial charge in [-0.25, -0.2) is 0 Å². The number of amidine groups is 1. The minimum absolute atomic E-state index is 0.0544. The summed E-state index contributed by atoms with van der Waals surface area (Å²) in [6.07, 6.45) is -6.64. The highest BCUT2D eigenvalue weighted by Crippen LogP contribution is 2.38. The highest BCUT2D eigenvalue weighted by molar-refractivity contribution is 8.18. The van der Waals surface area contributed by atoms with Crippen molar-refractivity contribution >= 4 is 22.8 Å². The van der Waals surface area contributed by atoms with E-state index in [1.165, 1.54) is 0 Å². The van der Waals surface area contributed by atoms with Gasteiger partial charge in [0.2, 0.25) is 0 Å². The zero-order chi connectivity index (χ0) is 26.7. The molecule has 36 heavy (non-hydrogen) atoms. The van der Waals surface area contributed by atoms with E-state index in [2.05, 4.69) is 22.2 Å². The zero-order valence-electron chi connectivity index (χ0n) is 19.6. The number of thioether (sulfide) groups is 1. The van der Waals surface area contributed by atoms with Crippen LogP contribution >= 0.6 is 11.8 Å². The number of hydrogen-bond acceptors (Lipinski definition) is 5. The van der Waals surface area contributed by atoms with Gasteiger partial charge in [-0.15, -0.1) is 0 Å². The maximum Gasteiger partial charge on any atom is 0.416 e. The van der Waals surface area contributed by atoms with Crippen molar-refractivity contribution in [2.24, 2.45) is 10.9 Å². The largest absolute Gasteiger partial charge is 0.416 e. The first-order valence-corrected chi connectivity index (χ1v) is 11.9. The number of rotatable bonds is 4. The van der Waals surface area contributed by atoms with E-state index in [0.717, 1.165) is 17.8 Å². The summed E-state index contributed by atoms with van der Waals surface area (Å²) in [4.78, 5) is 18.5. The Labute approximate surface area is 209 Å². The van der Waals surface area contributed by atoms with Gasteiger partial charge in [-0.3, -0.25) is 14.7 Å². The Morgan fingerprint density at radius 1 is 1.17 bits per heavy atom. The van der Waals surface area contributed by atoms with Crippen molar-refractivity contribution < 1.29 is 36.2 Å². The fraction of sp³-hybridized carbons (Fsp3) is 0.500. The van der Waals surface area contributed by atoms with E-state index in [1.807, 2.05) is 6.08 Å². The van der Waals surface area contributed by atoms with E-state index in [0.29, 0.717) is 42.7 Å². The van der Waals surface area contributed by atoms with E-state index >= 15 is 0 Å². The molecule has 2 heterocycles. The minimum atomic E-state index is -4.90. The normalized spacial score (nSPS) is 20.5. The van der Waals surface area contributed by atoms with Gasteiger partial charge in [-0.1, -0.05) is 24.0 Å². The van der Waals surface area contributed by atoms with E-state index in [1.54, 1.807) is 18.7 Å². The summed E-state index contributed by atoms with van der Waals surface area (Å²) in [5.41, 5.74) is -3.96. The van der Waals surface area contributed by atoms with Crippen molar-refractivity contribution in [1.29, 1.82) is 0 Å². The van der Waals surface area contributed by atoms with Crippen molar-refractivity contribution in [2.75, 3.05) is 19.6 Å². The quantitative estimate of drug-likeness (QED) is 0.399. The lowest BCUT2D eigenvalue weighted by Gasteiger charge is -2.31. The average molecular weight is 534 g/mol. The molecule has 0 radical (unpaired) electrons. The van der Waals surface area contributed by atoms with Crippen LogP contribution in [0.3, 0.4) is 0 Å². The molecular formula is C24H25F6N3O2S. The molecule has 0 saturated carbocycles. The summed E-state index contributed by atoms with van der Waals surface area (Å²) >= 11 is 0.994. The monoisotopic (exact) mass is 533 g/mol. The Hall–Kier alpha value is -2.49. The van der Waals surface area contributed by atoms with Crippen LogP contribution in [0.15, 0.2) is 34.2 Å². The number of benzene rings is 1. The number of carbonyl (C=O) groups is 1. The molecule has 196 valence electrons. The molecule has 0 aliphatic carbocycles. The highest BCUT2D eigenvalue weighted by Gasteiger charge is 2.38. The lowest BCUT2D eigenvalue weighted by atomic mass is 9.95. The van der Waals surface area contributed by atoms with Gasteiger partial charge in [0.1, 0.15) is 18.0 Å². The predicted molar refractivity (Wildman–Crippen MR) is 125 cm³/mol. The van der Waals surface area contributed by atoms with Crippen molar-refractivity contribution in [3.63, 3.8) is 0 Å². The number of likely N-dealkylation sites (tertiary alicyclic amines) is 1. The van der Waals surface area contributed by atoms with Gasteiger partial charge in [-0.2, -0.15) is 26.3 Å². The third-order valence-corrected chi connectivity index (χ3v) is 6.36. The Balaban J connectivity index is 1.65. The Kier molecular flexibility index (Phi) is 8.48. The standard InChI is InChI=1S/C24H25F6N3O2S/c1-22(2,35)8-3-9-31-20-19(36-21(34)32-20)12-15-6-10-33(11-7-15)14-16-4-5-17(23(25,26)27)13-18(16)24(28,29)30/h4-5,12-13,15,35H,6-7,9-11,14H2,1-2H3,(H,31,32,34)/b19-12-. The maximum absolute atomic E-state index is 13.4. The molecule has 5 nitrogen and oxygen atoms in total. The Morgan fingerprint density at radius 2 is 1.83 bits per heavy atom. The van der Waals surface area contributed by atoms with Crippen molar-refractivity contribution in [3.05, 3.63) is 45.9 Å². The molecule has 12 heteroatoms. The second kappa shape index (κ2) is 10.9. The van der Waals surface area contributed by atoms with Gasteiger partial charge in [-0.05, 0) is 75.2 Å². The Morgan fingerprint density at radius 3 is 2.42 bits per heavy atom. The second-order valence-corrected chi connectivity index (χ2v) is 10.1. The first-order chi connectivity index (χ1) is 16.6. The zero-order valence-corrected chi connectivity index (χ0v) is 20.4. The van der Waals surface area contributed by atoms with Gasteiger partial charge >= 0.3 is 12.4 Å². The van der Waals surface area contributed by atoms with E-state index in [9.17, 15) is 36.2 Å². The maximum atomic E-state index is 13.4. The second-order valence-electron chi connectivity index (χ2n) is 9.05.